The summed E-state index contributed by atoms with van der Waals surface area (Å²) in [6.45, 7) is 1.15. The lowest BCUT2D eigenvalue weighted by molar-refractivity contribution is -0.128. The zero-order valence-electron chi connectivity index (χ0n) is 17.0. The summed E-state index contributed by atoms with van der Waals surface area (Å²) in [5.41, 5.74) is 2.10. The van der Waals surface area contributed by atoms with E-state index in [4.69, 9.17) is 23.2 Å². The molecule has 0 atom stereocenters. The Kier molecular flexibility index (Phi) is 7.46. The molecule has 31 heavy (non-hydrogen) atoms. The highest BCUT2D eigenvalue weighted by Crippen LogP contribution is 2.28. The lowest BCUT2D eigenvalue weighted by Crippen LogP contribution is -2.40. The molecule has 1 fully saturated rings. The Balaban J connectivity index is 1.63. The highest BCUT2D eigenvalue weighted by Gasteiger charge is 2.22. The van der Waals surface area contributed by atoms with Gasteiger partial charge in [-0.15, -0.1) is 0 Å². The largest absolute Gasteiger partial charge is 0.350 e. The number of rotatable bonds is 8. The second-order valence-corrected chi connectivity index (χ2v) is 10.1. The summed E-state index contributed by atoms with van der Waals surface area (Å²) in [6.07, 6.45) is 2.49. The first kappa shape index (κ1) is 23.4. The summed E-state index contributed by atoms with van der Waals surface area (Å²) in [5, 5.41) is 3.23. The van der Waals surface area contributed by atoms with E-state index in [2.05, 4.69) is 5.32 Å². The van der Waals surface area contributed by atoms with Crippen LogP contribution in [0.25, 0.3) is 0 Å². The molecule has 1 saturated heterocycles. The van der Waals surface area contributed by atoms with Crippen molar-refractivity contribution in [2.75, 3.05) is 23.7 Å². The van der Waals surface area contributed by atoms with Gasteiger partial charge in [0.05, 0.1) is 22.0 Å². The number of anilines is 1. The molecular formula is C21H23Cl2N3O4S. The molecule has 1 aliphatic heterocycles. The van der Waals surface area contributed by atoms with E-state index in [1.54, 1.807) is 0 Å². The summed E-state index contributed by atoms with van der Waals surface area (Å²) in [6, 6.07) is 12.0. The van der Waals surface area contributed by atoms with Gasteiger partial charge in [-0.3, -0.25) is 13.9 Å². The summed E-state index contributed by atoms with van der Waals surface area (Å²) < 4.78 is 25.4. The first-order valence-electron chi connectivity index (χ1n) is 9.68. The zero-order chi connectivity index (χ0) is 22.6. The van der Waals surface area contributed by atoms with Gasteiger partial charge in [-0.05, 0) is 35.7 Å². The topological polar surface area (TPSA) is 86.8 Å². The Morgan fingerprint density at radius 3 is 2.52 bits per heavy atom. The number of sulfonamides is 1. The highest BCUT2D eigenvalue weighted by molar-refractivity contribution is 7.92. The summed E-state index contributed by atoms with van der Waals surface area (Å²) >= 11 is 11.9. The normalized spacial score (nSPS) is 14.0. The molecule has 0 saturated carbocycles. The van der Waals surface area contributed by atoms with Crippen molar-refractivity contribution in [2.24, 2.45) is 0 Å². The minimum absolute atomic E-state index is 0.155. The standard InChI is InChI=1S/C21H23Cl2N3O4S/c1-31(29,30)26(17-7-8-18(22)19(23)11-17)14-20(27)24-12-15-4-2-5-16(10-15)13-25-9-3-6-21(25)28/h2,4-5,7-8,10-11H,3,6,9,12-14H2,1H3,(H,24,27). The Morgan fingerprint density at radius 1 is 1.13 bits per heavy atom. The fraction of sp³-hybridized carbons (Fsp3) is 0.333. The molecule has 166 valence electrons. The van der Waals surface area contributed by atoms with E-state index in [-0.39, 0.29) is 23.2 Å². The fourth-order valence-electron chi connectivity index (χ4n) is 3.36. The predicted octanol–water partition coefficient (Wildman–Crippen LogP) is 3.20. The molecule has 1 aliphatic rings. The Bertz CT molecular complexity index is 1090. The Hall–Kier alpha value is -2.29. The van der Waals surface area contributed by atoms with Crippen LogP contribution in [-0.4, -0.2) is 44.5 Å². The number of likely N-dealkylation sites (tertiary alicyclic amines) is 1. The van der Waals surface area contributed by atoms with Crippen LogP contribution in [0.15, 0.2) is 42.5 Å². The number of nitrogens with zero attached hydrogens (tertiary/aromatic N) is 2. The van der Waals surface area contributed by atoms with Crippen LogP contribution in [0.3, 0.4) is 0 Å². The van der Waals surface area contributed by atoms with E-state index in [0.29, 0.717) is 18.0 Å². The van der Waals surface area contributed by atoms with Crippen LogP contribution in [0.4, 0.5) is 5.69 Å². The Labute approximate surface area is 192 Å². The van der Waals surface area contributed by atoms with Crippen molar-refractivity contribution < 1.29 is 18.0 Å². The van der Waals surface area contributed by atoms with Crippen molar-refractivity contribution in [2.45, 2.75) is 25.9 Å². The van der Waals surface area contributed by atoms with Gasteiger partial charge in [-0.2, -0.15) is 0 Å². The molecule has 2 aromatic carbocycles. The van der Waals surface area contributed by atoms with Gasteiger partial charge >= 0.3 is 0 Å². The molecule has 0 spiro atoms. The lowest BCUT2D eigenvalue weighted by Gasteiger charge is -2.22. The first-order chi connectivity index (χ1) is 14.6. The number of benzene rings is 2. The summed E-state index contributed by atoms with van der Waals surface area (Å²) in [4.78, 5) is 26.1. The van der Waals surface area contributed by atoms with E-state index in [1.165, 1.54) is 18.2 Å². The van der Waals surface area contributed by atoms with Gasteiger partial charge in [0.2, 0.25) is 21.8 Å². The molecule has 7 nitrogen and oxygen atoms in total. The van der Waals surface area contributed by atoms with Gasteiger partial charge in [0.25, 0.3) is 0 Å². The monoisotopic (exact) mass is 483 g/mol. The van der Waals surface area contributed by atoms with Crippen molar-refractivity contribution in [3.8, 4) is 0 Å². The smallest absolute Gasteiger partial charge is 0.241 e. The maximum absolute atomic E-state index is 12.5. The second kappa shape index (κ2) is 9.89. The average molecular weight is 484 g/mol. The van der Waals surface area contributed by atoms with Gasteiger partial charge in [0.1, 0.15) is 6.54 Å². The molecule has 0 aromatic heterocycles. The van der Waals surface area contributed by atoms with E-state index < -0.39 is 22.5 Å². The summed E-state index contributed by atoms with van der Waals surface area (Å²) in [5.74, 6) is -0.307. The van der Waals surface area contributed by atoms with Crippen LogP contribution in [0.1, 0.15) is 24.0 Å². The molecule has 0 aliphatic carbocycles. The quantitative estimate of drug-likeness (QED) is 0.624. The molecule has 10 heteroatoms. The van der Waals surface area contributed by atoms with Crippen LogP contribution in [0.5, 0.6) is 0 Å². The molecule has 1 heterocycles. The molecular weight excluding hydrogens is 461 g/mol. The molecule has 0 unspecified atom stereocenters. The number of carbonyl (C=O) groups is 2. The van der Waals surface area contributed by atoms with Crippen molar-refractivity contribution in [3.05, 3.63) is 63.6 Å². The number of hydrogen-bond acceptors (Lipinski definition) is 4. The second-order valence-electron chi connectivity index (χ2n) is 7.38. The minimum atomic E-state index is -3.72. The van der Waals surface area contributed by atoms with Crippen LogP contribution < -0.4 is 9.62 Å². The van der Waals surface area contributed by atoms with Crippen LogP contribution in [0, 0.1) is 0 Å². The van der Waals surface area contributed by atoms with Crippen molar-refractivity contribution in [1.82, 2.24) is 10.2 Å². The van der Waals surface area contributed by atoms with E-state index in [1.807, 2.05) is 29.2 Å². The average Bonchev–Trinajstić information content (AvgIpc) is 3.11. The third kappa shape index (κ3) is 6.35. The molecule has 0 radical (unpaired) electrons. The fourth-order valence-corrected chi connectivity index (χ4v) is 4.50. The van der Waals surface area contributed by atoms with Gasteiger partial charge in [-0.1, -0.05) is 47.5 Å². The first-order valence-corrected chi connectivity index (χ1v) is 12.3. The minimum Gasteiger partial charge on any atom is -0.350 e. The number of amides is 2. The predicted molar refractivity (Wildman–Crippen MR) is 122 cm³/mol. The number of carbonyl (C=O) groups excluding carboxylic acids is 2. The third-order valence-corrected chi connectivity index (χ3v) is 6.78. The molecule has 2 aromatic rings. The number of halogens is 2. The molecule has 3 rings (SSSR count). The van der Waals surface area contributed by atoms with E-state index in [0.717, 1.165) is 34.7 Å². The van der Waals surface area contributed by atoms with E-state index in [9.17, 15) is 18.0 Å². The molecule has 2 amide bonds. The SMILES string of the molecule is CS(=O)(=O)N(CC(=O)NCc1cccc(CN2CCCC2=O)c1)c1ccc(Cl)c(Cl)c1. The zero-order valence-corrected chi connectivity index (χ0v) is 19.3. The molecule has 0 bridgehead atoms. The summed E-state index contributed by atoms with van der Waals surface area (Å²) in [7, 11) is -3.72. The number of nitrogens with one attached hydrogen (secondary N) is 1. The maximum Gasteiger partial charge on any atom is 0.241 e. The molecule has 1 N–H and O–H groups in total. The lowest BCUT2D eigenvalue weighted by atomic mass is 10.1. The highest BCUT2D eigenvalue weighted by atomic mass is 35.5. The van der Waals surface area contributed by atoms with Crippen LogP contribution >= 0.6 is 23.2 Å². The van der Waals surface area contributed by atoms with E-state index >= 15 is 0 Å². The third-order valence-electron chi connectivity index (χ3n) is 4.90. The van der Waals surface area contributed by atoms with Crippen LogP contribution in [-0.2, 0) is 32.7 Å². The van der Waals surface area contributed by atoms with Gasteiger partial charge in [0, 0.05) is 26.1 Å². The Morgan fingerprint density at radius 2 is 1.87 bits per heavy atom. The van der Waals surface area contributed by atoms with Crippen molar-refractivity contribution in [1.29, 1.82) is 0 Å². The van der Waals surface area contributed by atoms with Crippen LogP contribution in [0.2, 0.25) is 10.0 Å². The van der Waals surface area contributed by atoms with Crippen molar-refractivity contribution in [3.63, 3.8) is 0 Å². The number of hydrogen-bond donors (Lipinski definition) is 1. The van der Waals surface area contributed by atoms with Gasteiger partial charge < -0.3 is 10.2 Å². The van der Waals surface area contributed by atoms with Crippen molar-refractivity contribution >= 4 is 50.7 Å². The maximum atomic E-state index is 12.5. The van der Waals surface area contributed by atoms with Gasteiger partial charge in [0.15, 0.2) is 0 Å². The van der Waals surface area contributed by atoms with Gasteiger partial charge in [-0.25, -0.2) is 8.42 Å².